The second-order valence-corrected chi connectivity index (χ2v) is 7.59. The molecule has 3 aromatic heterocycles. The van der Waals surface area contributed by atoms with Crippen LogP contribution in [0.25, 0.3) is 11.7 Å². The van der Waals surface area contributed by atoms with E-state index >= 15 is 0 Å². The number of rotatable bonds is 5. The van der Waals surface area contributed by atoms with E-state index in [4.69, 9.17) is 21.3 Å². The number of ether oxygens (including phenoxy) is 1. The fourth-order valence-corrected chi connectivity index (χ4v) is 3.35. The van der Waals surface area contributed by atoms with Gasteiger partial charge in [-0.25, -0.2) is 9.78 Å². The Morgan fingerprint density at radius 2 is 2.19 bits per heavy atom. The molecule has 158 valence electrons. The number of aromatic hydroxyl groups is 1. The van der Waals surface area contributed by atoms with Crippen LogP contribution in [0.3, 0.4) is 0 Å². The minimum Gasteiger partial charge on any atom is -0.495 e. The first kappa shape index (κ1) is 19.2. The van der Waals surface area contributed by atoms with Gasteiger partial charge < -0.3 is 20.1 Å². The smallest absolute Gasteiger partial charge is 0.326 e. The van der Waals surface area contributed by atoms with Crippen molar-refractivity contribution in [3.8, 4) is 11.6 Å². The van der Waals surface area contributed by atoms with Crippen molar-refractivity contribution in [1.82, 2.24) is 24.6 Å². The van der Waals surface area contributed by atoms with Gasteiger partial charge in [-0.3, -0.25) is 9.98 Å². The van der Waals surface area contributed by atoms with E-state index in [9.17, 15) is 9.90 Å². The van der Waals surface area contributed by atoms with Crippen LogP contribution in [0.5, 0.6) is 11.6 Å². The lowest BCUT2D eigenvalue weighted by Crippen LogP contribution is -2.20. The Morgan fingerprint density at radius 3 is 2.90 bits per heavy atom. The standard InChI is InChI=1S/C20H18ClN7O3/c1-31-15-5-2-11(21)7-13(15)24-16-8-17(23-12-3-4-12)28-18(26-16)10(9-22-28)6-14-19(29)27-20(30)25-14/h2,5-9,12,24,29H,3-4H2,1H3,(H2,25,27,30). The van der Waals surface area contributed by atoms with Gasteiger partial charge in [-0.15, -0.1) is 0 Å². The molecule has 0 amide bonds. The van der Waals surface area contributed by atoms with E-state index in [1.807, 2.05) is 0 Å². The number of hydrogen-bond acceptors (Lipinski definition) is 7. The van der Waals surface area contributed by atoms with Crippen molar-refractivity contribution < 1.29 is 9.84 Å². The fourth-order valence-electron chi connectivity index (χ4n) is 3.18. The van der Waals surface area contributed by atoms with Gasteiger partial charge in [0.1, 0.15) is 17.3 Å². The van der Waals surface area contributed by atoms with E-state index in [1.54, 1.807) is 48.2 Å². The van der Waals surface area contributed by atoms with Crippen molar-refractivity contribution in [2.45, 2.75) is 18.9 Å². The minimum absolute atomic E-state index is 0.234. The van der Waals surface area contributed by atoms with Gasteiger partial charge in [-0.1, -0.05) is 11.6 Å². The van der Waals surface area contributed by atoms with Gasteiger partial charge in [0.2, 0.25) is 5.88 Å². The first-order valence-electron chi connectivity index (χ1n) is 9.56. The Hall–Kier alpha value is -3.79. The maximum atomic E-state index is 11.5. The van der Waals surface area contributed by atoms with E-state index in [2.05, 4.69) is 25.4 Å². The van der Waals surface area contributed by atoms with Crippen LogP contribution in [0.4, 0.5) is 11.5 Å². The summed E-state index contributed by atoms with van der Waals surface area (Å²) in [6.07, 6.45) is 5.26. The molecule has 1 fully saturated rings. The maximum Gasteiger partial charge on any atom is 0.326 e. The lowest BCUT2D eigenvalue weighted by Gasteiger charge is -2.11. The molecule has 5 rings (SSSR count). The van der Waals surface area contributed by atoms with Crippen LogP contribution < -0.4 is 26.4 Å². The molecule has 0 atom stereocenters. The molecule has 4 N–H and O–H groups in total. The normalized spacial score (nSPS) is 15.0. The zero-order chi connectivity index (χ0) is 21.5. The summed E-state index contributed by atoms with van der Waals surface area (Å²) in [5, 5.41) is 18.7. The van der Waals surface area contributed by atoms with Gasteiger partial charge in [0, 0.05) is 16.3 Å². The van der Waals surface area contributed by atoms with E-state index in [0.29, 0.717) is 38.6 Å². The third kappa shape index (κ3) is 3.84. The Bertz CT molecular complexity index is 1470. The molecule has 0 radical (unpaired) electrons. The lowest BCUT2D eigenvalue weighted by molar-refractivity contribution is 0.417. The molecule has 3 heterocycles. The molecule has 0 saturated heterocycles. The number of methoxy groups -OCH3 is 1. The summed E-state index contributed by atoms with van der Waals surface area (Å²) in [6, 6.07) is 7.32. The number of aromatic amines is 2. The summed E-state index contributed by atoms with van der Waals surface area (Å²) in [6.45, 7) is 0. The van der Waals surface area contributed by atoms with Crippen molar-refractivity contribution in [2.24, 2.45) is 4.99 Å². The third-order valence-electron chi connectivity index (χ3n) is 4.80. The molecule has 31 heavy (non-hydrogen) atoms. The van der Waals surface area contributed by atoms with Gasteiger partial charge in [0.25, 0.3) is 0 Å². The van der Waals surface area contributed by atoms with Gasteiger partial charge in [-0.05, 0) is 37.1 Å². The van der Waals surface area contributed by atoms with Crippen LogP contribution in [-0.2, 0) is 0 Å². The zero-order valence-corrected chi connectivity index (χ0v) is 17.1. The molecule has 4 aromatic rings. The number of nitrogens with one attached hydrogen (secondary N) is 3. The van der Waals surface area contributed by atoms with Gasteiger partial charge in [0.05, 0.1) is 25.0 Å². The fraction of sp³-hybridized carbons (Fsp3) is 0.200. The lowest BCUT2D eigenvalue weighted by atomic mass is 10.3. The van der Waals surface area contributed by atoms with Crippen molar-refractivity contribution in [1.29, 1.82) is 0 Å². The quantitative estimate of drug-likeness (QED) is 0.372. The summed E-state index contributed by atoms with van der Waals surface area (Å²) >= 11 is 6.15. The first-order valence-corrected chi connectivity index (χ1v) is 9.94. The summed E-state index contributed by atoms with van der Waals surface area (Å²) in [5.74, 6) is 0.876. The minimum atomic E-state index is -0.506. The monoisotopic (exact) mass is 439 g/mol. The number of imidazole rings is 1. The highest BCUT2D eigenvalue weighted by Crippen LogP contribution is 2.29. The van der Waals surface area contributed by atoms with Crippen LogP contribution in [0.1, 0.15) is 18.5 Å². The molecule has 0 spiro atoms. The second kappa shape index (κ2) is 7.47. The zero-order valence-electron chi connectivity index (χ0n) is 16.4. The molecule has 11 heteroatoms. The number of aromatic nitrogens is 5. The highest BCUT2D eigenvalue weighted by atomic mass is 35.5. The van der Waals surface area contributed by atoms with Crippen molar-refractivity contribution in [3.63, 3.8) is 0 Å². The molecule has 1 aliphatic carbocycles. The predicted molar refractivity (Wildman–Crippen MR) is 115 cm³/mol. The molecule has 1 aliphatic rings. The summed E-state index contributed by atoms with van der Waals surface area (Å²) in [4.78, 5) is 25.7. The van der Waals surface area contributed by atoms with Crippen LogP contribution in [-0.4, -0.2) is 42.8 Å². The van der Waals surface area contributed by atoms with Gasteiger partial charge >= 0.3 is 5.69 Å². The summed E-state index contributed by atoms with van der Waals surface area (Å²) in [5.41, 5.74) is 1.53. The number of halogens is 1. The average molecular weight is 440 g/mol. The van der Waals surface area contributed by atoms with Crippen molar-refractivity contribution in [2.75, 3.05) is 12.4 Å². The van der Waals surface area contributed by atoms with E-state index in [0.717, 1.165) is 12.8 Å². The van der Waals surface area contributed by atoms with Crippen molar-refractivity contribution >= 4 is 34.8 Å². The molecule has 0 aliphatic heterocycles. The molecule has 0 bridgehead atoms. The molecule has 1 aromatic carbocycles. The van der Waals surface area contributed by atoms with E-state index in [-0.39, 0.29) is 17.6 Å². The number of nitrogens with zero attached hydrogens (tertiary/aromatic N) is 4. The highest BCUT2D eigenvalue weighted by Gasteiger charge is 2.20. The van der Waals surface area contributed by atoms with Crippen LogP contribution in [0.15, 0.2) is 40.2 Å². The Kier molecular flexibility index (Phi) is 4.63. The third-order valence-corrected chi connectivity index (χ3v) is 5.04. The summed E-state index contributed by atoms with van der Waals surface area (Å²) < 4.78 is 7.04. The Labute approximate surface area is 179 Å². The van der Waals surface area contributed by atoms with Gasteiger partial charge in [-0.2, -0.15) is 9.61 Å². The average Bonchev–Trinajstić information content (AvgIpc) is 3.37. The maximum absolute atomic E-state index is 11.5. The largest absolute Gasteiger partial charge is 0.495 e. The number of fused-ring (bicyclic) bond motifs is 1. The number of hydrogen-bond donors (Lipinski definition) is 4. The summed E-state index contributed by atoms with van der Waals surface area (Å²) in [7, 11) is 1.58. The van der Waals surface area contributed by atoms with Gasteiger partial charge in [0.15, 0.2) is 11.1 Å². The molecular formula is C20H18ClN7O3. The predicted octanol–water partition coefficient (Wildman–Crippen LogP) is 1.47. The SMILES string of the molecule is COc1ccc(Cl)cc1Nc1cc(=NC2CC2)n2ncc(=Cc3[nH]c(=O)[nH]c3O)c2n1. The van der Waals surface area contributed by atoms with E-state index < -0.39 is 5.69 Å². The second-order valence-electron chi connectivity index (χ2n) is 7.15. The number of benzene rings is 1. The molecule has 10 nitrogen and oxygen atoms in total. The van der Waals surface area contributed by atoms with Crippen LogP contribution >= 0.6 is 11.6 Å². The Balaban J connectivity index is 1.69. The molecule has 1 saturated carbocycles. The van der Waals surface area contributed by atoms with E-state index in [1.165, 1.54) is 0 Å². The molecular weight excluding hydrogens is 422 g/mol. The topological polar surface area (TPSA) is 133 Å². The molecule has 0 unspecified atom stereocenters. The Morgan fingerprint density at radius 1 is 1.35 bits per heavy atom. The first-order chi connectivity index (χ1) is 15.0. The van der Waals surface area contributed by atoms with Crippen LogP contribution in [0.2, 0.25) is 5.02 Å². The van der Waals surface area contributed by atoms with Crippen LogP contribution in [0, 0.1) is 0 Å². The number of H-pyrrole nitrogens is 2. The highest BCUT2D eigenvalue weighted by molar-refractivity contribution is 6.31. The van der Waals surface area contributed by atoms with Crippen molar-refractivity contribution in [3.05, 3.63) is 62.4 Å². The number of anilines is 2.